The Kier molecular flexibility index (Phi) is 4.50. The van der Waals surface area contributed by atoms with Crippen LogP contribution in [0, 0.1) is 0 Å². The van der Waals surface area contributed by atoms with E-state index in [1.54, 1.807) is 19.5 Å². The summed E-state index contributed by atoms with van der Waals surface area (Å²) in [6, 6.07) is 0.0339. The molecule has 1 saturated heterocycles. The maximum absolute atomic E-state index is 11.8. The largest absolute Gasteiger partial charge is 0.478 e. The number of aromatic nitrogens is 2. The Labute approximate surface area is 124 Å². The molecule has 116 valence electrons. The monoisotopic (exact) mass is 294 g/mol. The first-order valence-corrected chi connectivity index (χ1v) is 6.98. The summed E-state index contributed by atoms with van der Waals surface area (Å²) in [5.41, 5.74) is -0.490. The second-order valence-corrected chi connectivity index (χ2v) is 5.97. The van der Waals surface area contributed by atoms with Crippen LogP contribution in [0.1, 0.15) is 27.2 Å². The Morgan fingerprint density at radius 3 is 2.76 bits per heavy atom. The van der Waals surface area contributed by atoms with Crippen LogP contribution in [0.25, 0.3) is 0 Å². The van der Waals surface area contributed by atoms with Gasteiger partial charge in [0.05, 0.1) is 13.2 Å². The molecule has 1 aromatic heterocycles. The number of alkyl carbamates (subject to hydrolysis) is 1. The minimum Gasteiger partial charge on any atom is -0.478 e. The van der Waals surface area contributed by atoms with Crippen LogP contribution in [0.3, 0.4) is 0 Å². The molecule has 7 heteroatoms. The summed E-state index contributed by atoms with van der Waals surface area (Å²) >= 11 is 0. The smallest absolute Gasteiger partial charge is 0.407 e. The molecule has 1 amide bonds. The van der Waals surface area contributed by atoms with Crippen LogP contribution in [0.15, 0.2) is 12.4 Å². The zero-order valence-electron chi connectivity index (χ0n) is 12.9. The molecule has 7 nitrogen and oxygen atoms in total. The van der Waals surface area contributed by atoms with E-state index in [-0.39, 0.29) is 12.1 Å². The number of carbonyl (C=O) groups excluding carboxylic acids is 1. The lowest BCUT2D eigenvalue weighted by Crippen LogP contribution is -2.40. The second-order valence-electron chi connectivity index (χ2n) is 5.97. The highest BCUT2D eigenvalue weighted by atomic mass is 16.6. The number of rotatable bonds is 3. The van der Waals surface area contributed by atoms with Gasteiger partial charge in [-0.1, -0.05) is 0 Å². The van der Waals surface area contributed by atoms with Crippen molar-refractivity contribution in [3.05, 3.63) is 12.4 Å². The van der Waals surface area contributed by atoms with Crippen molar-refractivity contribution in [3.8, 4) is 5.88 Å². The predicted molar refractivity (Wildman–Crippen MR) is 78.6 cm³/mol. The van der Waals surface area contributed by atoms with E-state index in [1.807, 2.05) is 25.7 Å². The minimum atomic E-state index is -0.490. The number of nitrogens with zero attached hydrogens (tertiary/aromatic N) is 3. The molecule has 0 spiro atoms. The van der Waals surface area contributed by atoms with E-state index < -0.39 is 5.60 Å². The van der Waals surface area contributed by atoms with Gasteiger partial charge in [0.25, 0.3) is 5.88 Å². The Morgan fingerprint density at radius 1 is 1.38 bits per heavy atom. The molecule has 1 aliphatic rings. The molecule has 1 N–H and O–H groups in total. The lowest BCUT2D eigenvalue weighted by Gasteiger charge is -2.22. The Morgan fingerprint density at radius 2 is 2.10 bits per heavy atom. The molecule has 2 heterocycles. The first-order valence-electron chi connectivity index (χ1n) is 6.98. The summed E-state index contributed by atoms with van der Waals surface area (Å²) in [6.07, 6.45) is 3.67. The summed E-state index contributed by atoms with van der Waals surface area (Å²) in [4.78, 5) is 22.3. The number of hydrogen-bond donors (Lipinski definition) is 1. The quantitative estimate of drug-likeness (QED) is 0.912. The van der Waals surface area contributed by atoms with Crippen molar-refractivity contribution in [2.75, 3.05) is 25.1 Å². The zero-order valence-corrected chi connectivity index (χ0v) is 12.9. The molecule has 0 unspecified atom stereocenters. The van der Waals surface area contributed by atoms with E-state index in [0.717, 1.165) is 13.0 Å². The molecule has 21 heavy (non-hydrogen) atoms. The van der Waals surface area contributed by atoms with E-state index in [1.165, 1.54) is 0 Å². The molecule has 1 fully saturated rings. The molecule has 1 aromatic rings. The van der Waals surface area contributed by atoms with Crippen LogP contribution in [-0.4, -0.2) is 47.9 Å². The van der Waals surface area contributed by atoms with Gasteiger partial charge < -0.3 is 19.7 Å². The van der Waals surface area contributed by atoms with Crippen molar-refractivity contribution in [1.29, 1.82) is 0 Å². The number of ether oxygens (including phenoxy) is 2. The van der Waals surface area contributed by atoms with E-state index in [2.05, 4.69) is 15.3 Å². The number of carbonyl (C=O) groups is 1. The summed E-state index contributed by atoms with van der Waals surface area (Å²) in [5, 5.41) is 2.88. The molecule has 0 saturated carbocycles. The van der Waals surface area contributed by atoms with E-state index in [4.69, 9.17) is 9.47 Å². The summed E-state index contributed by atoms with van der Waals surface area (Å²) in [5.74, 6) is 1.20. The van der Waals surface area contributed by atoms with Gasteiger partial charge in [0.2, 0.25) is 0 Å². The van der Waals surface area contributed by atoms with Crippen molar-refractivity contribution in [3.63, 3.8) is 0 Å². The van der Waals surface area contributed by atoms with Gasteiger partial charge >= 0.3 is 6.09 Å². The molecule has 0 aliphatic carbocycles. The Bertz CT molecular complexity index is 501. The zero-order chi connectivity index (χ0) is 15.5. The van der Waals surface area contributed by atoms with Gasteiger partial charge in [-0.15, -0.1) is 0 Å². The standard InChI is InChI=1S/C14H22N4O3/c1-14(2,3)21-13(19)17-10-5-8-18(9-10)11-12(20-4)16-7-6-15-11/h6-7,10H,5,8-9H2,1-4H3,(H,17,19)/t10-/m0/s1. The van der Waals surface area contributed by atoms with Crippen molar-refractivity contribution in [2.45, 2.75) is 38.8 Å². The average molecular weight is 294 g/mol. The first-order chi connectivity index (χ1) is 9.89. The van der Waals surface area contributed by atoms with Gasteiger partial charge in [-0.2, -0.15) is 0 Å². The van der Waals surface area contributed by atoms with Crippen molar-refractivity contribution < 1.29 is 14.3 Å². The highest BCUT2D eigenvalue weighted by Gasteiger charge is 2.28. The highest BCUT2D eigenvalue weighted by Crippen LogP contribution is 2.25. The topological polar surface area (TPSA) is 76.6 Å². The van der Waals surface area contributed by atoms with Crippen molar-refractivity contribution in [2.24, 2.45) is 0 Å². The number of amides is 1. The van der Waals surface area contributed by atoms with Gasteiger partial charge in [0.1, 0.15) is 5.60 Å². The first kappa shape index (κ1) is 15.3. The summed E-state index contributed by atoms with van der Waals surface area (Å²) in [6.45, 7) is 6.98. The molecule has 1 aliphatic heterocycles. The average Bonchev–Trinajstić information content (AvgIpc) is 2.84. The Hall–Kier alpha value is -2.05. The third kappa shape index (κ3) is 4.21. The van der Waals surface area contributed by atoms with Crippen LogP contribution < -0.4 is 15.0 Å². The maximum Gasteiger partial charge on any atom is 0.407 e. The lowest BCUT2D eigenvalue weighted by atomic mass is 10.2. The van der Waals surface area contributed by atoms with Crippen LogP contribution in [-0.2, 0) is 4.74 Å². The molecule has 0 aromatic carbocycles. The third-order valence-corrected chi connectivity index (χ3v) is 3.05. The maximum atomic E-state index is 11.8. The van der Waals surface area contributed by atoms with Gasteiger partial charge in [-0.05, 0) is 27.2 Å². The second kappa shape index (κ2) is 6.15. The number of nitrogens with one attached hydrogen (secondary N) is 1. The normalized spacial score (nSPS) is 18.5. The summed E-state index contributed by atoms with van der Waals surface area (Å²) < 4.78 is 10.5. The highest BCUT2D eigenvalue weighted by molar-refractivity contribution is 5.68. The van der Waals surface area contributed by atoms with Crippen LogP contribution >= 0.6 is 0 Å². The van der Waals surface area contributed by atoms with Gasteiger partial charge in [-0.25, -0.2) is 14.8 Å². The molecular weight excluding hydrogens is 272 g/mol. The third-order valence-electron chi connectivity index (χ3n) is 3.05. The molecule has 1 atom stereocenters. The predicted octanol–water partition coefficient (Wildman–Crippen LogP) is 1.59. The molecule has 0 bridgehead atoms. The van der Waals surface area contributed by atoms with Gasteiger partial charge in [0, 0.05) is 25.5 Å². The van der Waals surface area contributed by atoms with Crippen LogP contribution in [0.5, 0.6) is 5.88 Å². The van der Waals surface area contributed by atoms with E-state index in [9.17, 15) is 4.79 Å². The number of anilines is 1. The SMILES string of the molecule is COc1nccnc1N1CC[C@H](NC(=O)OC(C)(C)C)C1. The van der Waals surface area contributed by atoms with Crippen molar-refractivity contribution in [1.82, 2.24) is 15.3 Å². The fraction of sp³-hybridized carbons (Fsp3) is 0.643. The minimum absolute atomic E-state index is 0.0339. The summed E-state index contributed by atoms with van der Waals surface area (Å²) in [7, 11) is 1.57. The van der Waals surface area contributed by atoms with Crippen LogP contribution in [0.2, 0.25) is 0 Å². The fourth-order valence-electron chi connectivity index (χ4n) is 2.22. The van der Waals surface area contributed by atoms with Crippen molar-refractivity contribution >= 4 is 11.9 Å². The molecule has 2 rings (SSSR count). The van der Waals surface area contributed by atoms with E-state index >= 15 is 0 Å². The lowest BCUT2D eigenvalue weighted by molar-refractivity contribution is 0.0509. The molecular formula is C14H22N4O3. The number of methoxy groups -OCH3 is 1. The number of hydrogen-bond acceptors (Lipinski definition) is 6. The fourth-order valence-corrected chi connectivity index (χ4v) is 2.22. The molecule has 0 radical (unpaired) electrons. The van der Waals surface area contributed by atoms with Crippen LogP contribution in [0.4, 0.5) is 10.6 Å². The van der Waals surface area contributed by atoms with Gasteiger partial charge in [-0.3, -0.25) is 0 Å². The van der Waals surface area contributed by atoms with Gasteiger partial charge in [0.15, 0.2) is 5.82 Å². The van der Waals surface area contributed by atoms with E-state index in [0.29, 0.717) is 18.2 Å². The Balaban J connectivity index is 1.93.